The van der Waals surface area contributed by atoms with Crippen LogP contribution >= 0.6 is 0 Å². The van der Waals surface area contributed by atoms with Crippen molar-refractivity contribution in [3.05, 3.63) is 59.9 Å². The lowest BCUT2D eigenvalue weighted by Gasteiger charge is -2.15. The highest BCUT2D eigenvalue weighted by molar-refractivity contribution is 6.00. The third-order valence-electron chi connectivity index (χ3n) is 3.72. The number of benzene rings is 1. The van der Waals surface area contributed by atoms with E-state index in [1.165, 1.54) is 0 Å². The van der Waals surface area contributed by atoms with Gasteiger partial charge >= 0.3 is 0 Å². The second-order valence-corrected chi connectivity index (χ2v) is 5.92. The first-order valence-corrected chi connectivity index (χ1v) is 8.12. The van der Waals surface area contributed by atoms with Crippen molar-refractivity contribution in [3.8, 4) is 11.5 Å². The van der Waals surface area contributed by atoms with Crippen LogP contribution in [0.25, 0.3) is 5.52 Å². The zero-order valence-electron chi connectivity index (χ0n) is 14.5. The van der Waals surface area contributed by atoms with Crippen LogP contribution in [0.5, 0.6) is 11.5 Å². The molecule has 0 aliphatic carbocycles. The van der Waals surface area contributed by atoms with Gasteiger partial charge in [0.1, 0.15) is 0 Å². The summed E-state index contributed by atoms with van der Waals surface area (Å²) in [5.74, 6) is 1.20. The van der Waals surface area contributed by atoms with Crippen molar-refractivity contribution < 1.29 is 14.3 Å². The van der Waals surface area contributed by atoms with E-state index in [1.807, 2.05) is 44.3 Å². The molecule has 2 heterocycles. The SMILES string of the molecule is COc1cc(CNC(=O)c2cccn3nccc23)ccc1OC(C)C. The first-order chi connectivity index (χ1) is 12.1. The third kappa shape index (κ3) is 3.74. The Bertz CT molecular complexity index is 887. The lowest BCUT2D eigenvalue weighted by Crippen LogP contribution is -2.23. The number of aromatic nitrogens is 2. The molecule has 0 fully saturated rings. The van der Waals surface area contributed by atoms with E-state index in [2.05, 4.69) is 10.4 Å². The highest BCUT2D eigenvalue weighted by Gasteiger charge is 2.12. The van der Waals surface area contributed by atoms with Crippen molar-refractivity contribution in [2.75, 3.05) is 7.11 Å². The van der Waals surface area contributed by atoms with E-state index in [4.69, 9.17) is 9.47 Å². The van der Waals surface area contributed by atoms with Gasteiger partial charge in [-0.3, -0.25) is 4.79 Å². The Kier molecular flexibility index (Phi) is 4.88. The lowest BCUT2D eigenvalue weighted by molar-refractivity contribution is 0.0952. The minimum Gasteiger partial charge on any atom is -0.493 e. The molecule has 1 N–H and O–H groups in total. The summed E-state index contributed by atoms with van der Waals surface area (Å²) < 4.78 is 12.8. The van der Waals surface area contributed by atoms with Gasteiger partial charge in [-0.1, -0.05) is 6.07 Å². The number of carbonyl (C=O) groups is 1. The molecule has 0 aliphatic rings. The Hall–Kier alpha value is -3.02. The van der Waals surface area contributed by atoms with E-state index in [-0.39, 0.29) is 12.0 Å². The van der Waals surface area contributed by atoms with Gasteiger partial charge < -0.3 is 14.8 Å². The monoisotopic (exact) mass is 339 g/mol. The minimum absolute atomic E-state index is 0.0654. The molecule has 25 heavy (non-hydrogen) atoms. The average Bonchev–Trinajstić information content (AvgIpc) is 3.08. The highest BCUT2D eigenvalue weighted by Crippen LogP contribution is 2.29. The Labute approximate surface area is 146 Å². The van der Waals surface area contributed by atoms with Crippen LogP contribution in [0.15, 0.2) is 48.8 Å². The first kappa shape index (κ1) is 16.8. The van der Waals surface area contributed by atoms with Crippen LogP contribution in [-0.2, 0) is 6.54 Å². The van der Waals surface area contributed by atoms with Gasteiger partial charge in [-0.25, -0.2) is 4.52 Å². The number of pyridine rings is 1. The smallest absolute Gasteiger partial charge is 0.253 e. The zero-order chi connectivity index (χ0) is 17.8. The van der Waals surface area contributed by atoms with Crippen molar-refractivity contribution in [3.63, 3.8) is 0 Å². The summed E-state index contributed by atoms with van der Waals surface area (Å²) in [6.07, 6.45) is 3.55. The van der Waals surface area contributed by atoms with Crippen molar-refractivity contribution in [1.29, 1.82) is 0 Å². The van der Waals surface area contributed by atoms with Gasteiger partial charge in [0, 0.05) is 12.7 Å². The fraction of sp³-hybridized carbons (Fsp3) is 0.263. The van der Waals surface area contributed by atoms with Crippen LogP contribution in [0.1, 0.15) is 29.8 Å². The van der Waals surface area contributed by atoms with Crippen LogP contribution in [0.4, 0.5) is 0 Å². The predicted molar refractivity (Wildman–Crippen MR) is 95.1 cm³/mol. The Balaban J connectivity index is 1.73. The molecule has 0 aliphatic heterocycles. The van der Waals surface area contributed by atoms with Gasteiger partial charge in [-0.05, 0) is 49.7 Å². The summed E-state index contributed by atoms with van der Waals surface area (Å²) in [5.41, 5.74) is 2.30. The van der Waals surface area contributed by atoms with Gasteiger partial charge in [-0.15, -0.1) is 0 Å². The molecule has 0 atom stereocenters. The van der Waals surface area contributed by atoms with E-state index in [0.717, 1.165) is 11.1 Å². The number of nitrogens with zero attached hydrogens (tertiary/aromatic N) is 2. The normalized spacial score (nSPS) is 10.9. The molecule has 0 unspecified atom stereocenters. The molecule has 1 aromatic carbocycles. The van der Waals surface area contributed by atoms with Crippen molar-refractivity contribution in [1.82, 2.24) is 14.9 Å². The summed E-state index contributed by atoms with van der Waals surface area (Å²) in [6.45, 7) is 4.32. The van der Waals surface area contributed by atoms with E-state index < -0.39 is 0 Å². The molecular formula is C19H21N3O3. The maximum absolute atomic E-state index is 12.5. The molecular weight excluding hydrogens is 318 g/mol. The van der Waals surface area contributed by atoms with Crippen LogP contribution in [-0.4, -0.2) is 28.7 Å². The molecule has 0 bridgehead atoms. The largest absolute Gasteiger partial charge is 0.493 e. The van der Waals surface area contributed by atoms with Crippen molar-refractivity contribution in [2.24, 2.45) is 0 Å². The summed E-state index contributed by atoms with van der Waals surface area (Å²) in [4.78, 5) is 12.5. The van der Waals surface area contributed by atoms with Crippen molar-refractivity contribution in [2.45, 2.75) is 26.5 Å². The van der Waals surface area contributed by atoms with Gasteiger partial charge in [0.2, 0.25) is 0 Å². The molecule has 130 valence electrons. The Morgan fingerprint density at radius 3 is 2.84 bits per heavy atom. The molecule has 0 radical (unpaired) electrons. The number of amides is 1. The quantitative estimate of drug-likeness (QED) is 0.750. The molecule has 1 amide bonds. The zero-order valence-corrected chi connectivity index (χ0v) is 14.5. The molecule has 0 spiro atoms. The molecule has 6 heteroatoms. The lowest BCUT2D eigenvalue weighted by atomic mass is 10.1. The first-order valence-electron chi connectivity index (χ1n) is 8.12. The summed E-state index contributed by atoms with van der Waals surface area (Å²) >= 11 is 0. The number of hydrogen-bond acceptors (Lipinski definition) is 4. The molecule has 3 aromatic rings. The number of ether oxygens (including phenoxy) is 2. The fourth-order valence-corrected chi connectivity index (χ4v) is 2.60. The van der Waals surface area contributed by atoms with E-state index in [1.54, 1.807) is 30.0 Å². The Morgan fingerprint density at radius 1 is 1.24 bits per heavy atom. The molecule has 0 saturated heterocycles. The molecule has 6 nitrogen and oxygen atoms in total. The fourth-order valence-electron chi connectivity index (χ4n) is 2.60. The second kappa shape index (κ2) is 7.25. The topological polar surface area (TPSA) is 64.9 Å². The summed E-state index contributed by atoms with van der Waals surface area (Å²) in [5, 5.41) is 7.07. The van der Waals surface area contributed by atoms with E-state index >= 15 is 0 Å². The minimum atomic E-state index is -0.146. The van der Waals surface area contributed by atoms with E-state index in [9.17, 15) is 4.79 Å². The molecule has 0 saturated carbocycles. The second-order valence-electron chi connectivity index (χ2n) is 5.92. The number of fused-ring (bicyclic) bond motifs is 1. The average molecular weight is 339 g/mol. The summed E-state index contributed by atoms with van der Waals surface area (Å²) in [7, 11) is 1.60. The Morgan fingerprint density at radius 2 is 2.08 bits per heavy atom. The van der Waals surface area contributed by atoms with Gasteiger partial charge in [0.25, 0.3) is 5.91 Å². The third-order valence-corrected chi connectivity index (χ3v) is 3.72. The number of rotatable bonds is 6. The maximum Gasteiger partial charge on any atom is 0.253 e. The number of methoxy groups -OCH3 is 1. The van der Waals surface area contributed by atoms with Crippen LogP contribution in [0, 0.1) is 0 Å². The van der Waals surface area contributed by atoms with Gasteiger partial charge in [-0.2, -0.15) is 5.10 Å². The van der Waals surface area contributed by atoms with Crippen LogP contribution in [0.3, 0.4) is 0 Å². The highest BCUT2D eigenvalue weighted by atomic mass is 16.5. The number of carbonyl (C=O) groups excluding carboxylic acids is 1. The number of nitrogens with one attached hydrogen (secondary N) is 1. The van der Waals surface area contributed by atoms with Crippen molar-refractivity contribution >= 4 is 11.4 Å². The number of hydrogen-bond donors (Lipinski definition) is 1. The van der Waals surface area contributed by atoms with Gasteiger partial charge in [0.05, 0.1) is 30.5 Å². The van der Waals surface area contributed by atoms with E-state index in [0.29, 0.717) is 23.6 Å². The molecule has 2 aromatic heterocycles. The standard InChI is InChI=1S/C19H21N3O3/c1-13(2)25-17-7-6-14(11-18(17)24-3)12-20-19(23)15-5-4-10-22-16(15)8-9-21-22/h4-11,13H,12H2,1-3H3,(H,20,23). The van der Waals surface area contributed by atoms with Crippen LogP contribution < -0.4 is 14.8 Å². The van der Waals surface area contributed by atoms with Crippen LogP contribution in [0.2, 0.25) is 0 Å². The summed E-state index contributed by atoms with van der Waals surface area (Å²) in [6, 6.07) is 11.0. The van der Waals surface area contributed by atoms with Gasteiger partial charge in [0.15, 0.2) is 11.5 Å². The predicted octanol–water partition coefficient (Wildman–Crippen LogP) is 3.06. The molecule has 3 rings (SSSR count). The maximum atomic E-state index is 12.5.